The second kappa shape index (κ2) is 7.96. The van der Waals surface area contributed by atoms with Crippen molar-refractivity contribution in [1.82, 2.24) is 4.31 Å². The van der Waals surface area contributed by atoms with Crippen molar-refractivity contribution in [3.63, 3.8) is 0 Å². The van der Waals surface area contributed by atoms with Crippen molar-refractivity contribution in [3.8, 4) is 6.07 Å². The van der Waals surface area contributed by atoms with Crippen LogP contribution in [0.5, 0.6) is 0 Å². The van der Waals surface area contributed by atoms with Crippen LogP contribution in [0.3, 0.4) is 0 Å². The largest absolute Gasteiger partial charge is 0.398 e. The van der Waals surface area contributed by atoms with E-state index in [0.717, 1.165) is 0 Å². The first-order valence-corrected chi connectivity index (χ1v) is 8.56. The molecule has 0 fully saturated rings. The fraction of sp³-hybridized carbons (Fsp3) is 0.417. The summed E-state index contributed by atoms with van der Waals surface area (Å²) in [6, 6.07) is 4.71. The van der Waals surface area contributed by atoms with Crippen LogP contribution >= 0.6 is 27.5 Å². The minimum Gasteiger partial charge on any atom is -0.398 e. The van der Waals surface area contributed by atoms with Crippen molar-refractivity contribution in [1.29, 1.82) is 5.26 Å². The van der Waals surface area contributed by atoms with Gasteiger partial charge in [0.2, 0.25) is 10.0 Å². The highest BCUT2D eigenvalue weighted by molar-refractivity contribution is 9.10. The van der Waals surface area contributed by atoms with E-state index in [2.05, 4.69) is 15.9 Å². The molecule has 0 bridgehead atoms. The predicted molar refractivity (Wildman–Crippen MR) is 84.4 cm³/mol. The van der Waals surface area contributed by atoms with Crippen LogP contribution in [0.2, 0.25) is 5.02 Å². The van der Waals surface area contributed by atoms with Gasteiger partial charge in [0, 0.05) is 37.3 Å². The summed E-state index contributed by atoms with van der Waals surface area (Å²) in [6.07, 6.45) is 0.0800. The summed E-state index contributed by atoms with van der Waals surface area (Å²) in [5.74, 6) is 0. The fourth-order valence-corrected chi connectivity index (χ4v) is 4.31. The molecule has 0 atom stereocenters. The van der Waals surface area contributed by atoms with E-state index in [1.54, 1.807) is 0 Å². The number of rotatable bonds is 7. The topological polar surface area (TPSA) is 96.4 Å². The van der Waals surface area contributed by atoms with Gasteiger partial charge in [-0.15, -0.1) is 0 Å². The molecule has 0 aliphatic heterocycles. The van der Waals surface area contributed by atoms with E-state index >= 15 is 0 Å². The number of halogens is 2. The Morgan fingerprint density at radius 1 is 1.48 bits per heavy atom. The number of nitriles is 1. The molecule has 0 aliphatic rings. The van der Waals surface area contributed by atoms with Crippen LogP contribution in [0.4, 0.5) is 5.69 Å². The van der Waals surface area contributed by atoms with Crippen LogP contribution in [-0.2, 0) is 14.8 Å². The van der Waals surface area contributed by atoms with E-state index in [1.165, 1.54) is 23.5 Å². The third kappa shape index (κ3) is 4.56. The van der Waals surface area contributed by atoms with Crippen molar-refractivity contribution in [2.24, 2.45) is 0 Å². The van der Waals surface area contributed by atoms with Crippen molar-refractivity contribution in [3.05, 3.63) is 21.6 Å². The molecule has 0 heterocycles. The van der Waals surface area contributed by atoms with Gasteiger partial charge in [-0.3, -0.25) is 0 Å². The van der Waals surface area contributed by atoms with Gasteiger partial charge in [0.1, 0.15) is 0 Å². The molecule has 2 N–H and O–H groups in total. The van der Waals surface area contributed by atoms with Crippen LogP contribution < -0.4 is 5.73 Å². The molecule has 6 nitrogen and oxygen atoms in total. The Kier molecular flexibility index (Phi) is 6.90. The summed E-state index contributed by atoms with van der Waals surface area (Å²) in [6.45, 7) is 0.429. The van der Waals surface area contributed by atoms with Crippen LogP contribution in [0.25, 0.3) is 0 Å². The van der Waals surface area contributed by atoms with Crippen LogP contribution in [0, 0.1) is 11.3 Å². The van der Waals surface area contributed by atoms with Crippen molar-refractivity contribution >= 4 is 43.2 Å². The molecule has 21 heavy (non-hydrogen) atoms. The average molecular weight is 397 g/mol. The highest BCUT2D eigenvalue weighted by Gasteiger charge is 2.27. The molecule has 1 rings (SSSR count). The van der Waals surface area contributed by atoms with Crippen molar-refractivity contribution in [2.75, 3.05) is 32.5 Å². The number of benzene rings is 1. The lowest BCUT2D eigenvalue weighted by molar-refractivity contribution is 0.179. The fourth-order valence-electron chi connectivity index (χ4n) is 1.63. The van der Waals surface area contributed by atoms with Gasteiger partial charge in [0.25, 0.3) is 0 Å². The maximum atomic E-state index is 12.7. The third-order valence-corrected chi connectivity index (χ3v) is 5.96. The molecule has 0 saturated carbocycles. The summed E-state index contributed by atoms with van der Waals surface area (Å²) in [5.41, 5.74) is 5.96. The molecule has 1 aromatic carbocycles. The van der Waals surface area contributed by atoms with Crippen LogP contribution in [0.15, 0.2) is 21.5 Å². The lowest BCUT2D eigenvalue weighted by Gasteiger charge is -2.22. The van der Waals surface area contributed by atoms with Gasteiger partial charge in [0.15, 0.2) is 0 Å². The van der Waals surface area contributed by atoms with Gasteiger partial charge >= 0.3 is 0 Å². The molecule has 116 valence electrons. The van der Waals surface area contributed by atoms with E-state index in [1.807, 2.05) is 6.07 Å². The number of hydrogen-bond donors (Lipinski definition) is 1. The summed E-state index contributed by atoms with van der Waals surface area (Å²) in [7, 11) is -2.36. The standard InChI is InChI=1S/C12H15BrClN3O3S/c1-20-6-5-17(4-2-3-15)21(18,19)11-8-9(14)7-10(16)12(11)13/h7-8H,2,4-6,16H2,1H3. The predicted octanol–water partition coefficient (Wildman–Crippen LogP) is 2.24. The Morgan fingerprint density at radius 3 is 2.71 bits per heavy atom. The number of nitrogens with zero attached hydrogens (tertiary/aromatic N) is 2. The van der Waals surface area contributed by atoms with Gasteiger partial charge in [-0.1, -0.05) is 11.6 Å². The highest BCUT2D eigenvalue weighted by atomic mass is 79.9. The van der Waals surface area contributed by atoms with Gasteiger partial charge in [-0.2, -0.15) is 9.57 Å². The van der Waals surface area contributed by atoms with E-state index in [4.69, 9.17) is 27.3 Å². The van der Waals surface area contributed by atoms with Crippen LogP contribution in [0.1, 0.15) is 6.42 Å². The molecule has 9 heteroatoms. The Balaban J connectivity index is 3.25. The molecule has 1 aromatic rings. The quantitative estimate of drug-likeness (QED) is 0.713. The molecular formula is C12H15BrClN3O3S. The van der Waals surface area contributed by atoms with Gasteiger partial charge < -0.3 is 10.5 Å². The second-order valence-corrected chi connectivity index (χ2v) is 7.25. The number of hydrogen-bond acceptors (Lipinski definition) is 5. The monoisotopic (exact) mass is 395 g/mol. The van der Waals surface area contributed by atoms with Gasteiger partial charge in [-0.05, 0) is 28.1 Å². The lowest BCUT2D eigenvalue weighted by Crippen LogP contribution is -2.35. The van der Waals surface area contributed by atoms with Crippen molar-refractivity contribution in [2.45, 2.75) is 11.3 Å². The van der Waals surface area contributed by atoms with E-state index in [9.17, 15) is 8.42 Å². The van der Waals surface area contributed by atoms with Gasteiger partial charge in [-0.25, -0.2) is 8.42 Å². The van der Waals surface area contributed by atoms with E-state index in [-0.39, 0.29) is 46.2 Å². The average Bonchev–Trinajstić information content (AvgIpc) is 2.42. The normalized spacial score (nSPS) is 11.6. The SMILES string of the molecule is COCCN(CCC#N)S(=O)(=O)c1cc(Cl)cc(N)c1Br. The van der Waals surface area contributed by atoms with Crippen molar-refractivity contribution < 1.29 is 13.2 Å². The minimum atomic E-state index is -3.83. The zero-order chi connectivity index (χ0) is 16.0. The molecule has 0 radical (unpaired) electrons. The summed E-state index contributed by atoms with van der Waals surface area (Å²) in [4.78, 5) is -0.0263. The maximum absolute atomic E-state index is 12.7. The number of ether oxygens (including phenoxy) is 1. The number of nitrogen functional groups attached to an aromatic ring is 1. The van der Waals surface area contributed by atoms with E-state index in [0.29, 0.717) is 0 Å². The summed E-state index contributed by atoms with van der Waals surface area (Å²) in [5, 5.41) is 8.89. The Morgan fingerprint density at radius 2 is 2.14 bits per heavy atom. The Bertz CT molecular complexity index is 646. The smallest absolute Gasteiger partial charge is 0.244 e. The zero-order valence-corrected chi connectivity index (χ0v) is 14.5. The first-order chi connectivity index (χ1) is 9.84. The lowest BCUT2D eigenvalue weighted by atomic mass is 10.3. The third-order valence-electron chi connectivity index (χ3n) is 2.67. The first kappa shape index (κ1) is 18.2. The highest BCUT2D eigenvalue weighted by Crippen LogP contribution is 2.33. The summed E-state index contributed by atoms with van der Waals surface area (Å²) >= 11 is 9.05. The summed E-state index contributed by atoms with van der Waals surface area (Å²) < 4.78 is 31.7. The zero-order valence-electron chi connectivity index (χ0n) is 11.3. The molecular weight excluding hydrogens is 382 g/mol. The second-order valence-electron chi connectivity index (χ2n) is 4.11. The van der Waals surface area contributed by atoms with E-state index < -0.39 is 10.0 Å². The molecule has 0 aromatic heterocycles. The first-order valence-electron chi connectivity index (χ1n) is 5.95. The van der Waals surface area contributed by atoms with Crippen LogP contribution in [-0.4, -0.2) is 39.5 Å². The molecule has 0 amide bonds. The maximum Gasteiger partial charge on any atom is 0.244 e. The molecule has 0 unspecified atom stereocenters. The molecule has 0 spiro atoms. The number of methoxy groups -OCH3 is 1. The number of sulfonamides is 1. The number of nitrogens with two attached hydrogens (primary N) is 1. The Hall–Kier alpha value is -0.850. The number of anilines is 1. The minimum absolute atomic E-state index is 0.0263. The molecule has 0 aliphatic carbocycles. The Labute approximate surface area is 137 Å². The molecule has 0 saturated heterocycles. The van der Waals surface area contributed by atoms with Gasteiger partial charge in [0.05, 0.1) is 22.0 Å².